The molecule has 1 aromatic heterocycles. The van der Waals surface area contributed by atoms with Crippen LogP contribution in [0.15, 0.2) is 78.5 Å². The molecule has 6 nitrogen and oxygen atoms in total. The van der Waals surface area contributed by atoms with Gasteiger partial charge >= 0.3 is 5.97 Å². The summed E-state index contributed by atoms with van der Waals surface area (Å²) >= 11 is 5.92. The van der Waals surface area contributed by atoms with Gasteiger partial charge in [0.05, 0.1) is 6.54 Å². The van der Waals surface area contributed by atoms with Crippen LogP contribution in [0, 0.1) is 0 Å². The number of aromatic nitrogens is 3. The Morgan fingerprint density at radius 2 is 1.92 bits per heavy atom. The van der Waals surface area contributed by atoms with E-state index in [0.29, 0.717) is 17.3 Å². The Balaban J connectivity index is 1.74. The third-order valence-electron chi connectivity index (χ3n) is 3.41. The molecule has 130 valence electrons. The Hall–Kier alpha value is -3.25. The van der Waals surface area contributed by atoms with Crippen molar-refractivity contribution in [3.05, 3.63) is 89.5 Å². The maximum absolute atomic E-state index is 11.9. The number of oxime groups is 1. The molecule has 0 saturated heterocycles. The third kappa shape index (κ3) is 5.12. The maximum Gasteiger partial charge on any atom is 0.358 e. The Morgan fingerprint density at radius 3 is 2.62 bits per heavy atom. The van der Waals surface area contributed by atoms with Gasteiger partial charge in [0.1, 0.15) is 18.4 Å². The maximum atomic E-state index is 11.9. The fourth-order valence-corrected chi connectivity index (χ4v) is 2.27. The highest BCUT2D eigenvalue weighted by Gasteiger charge is 2.08. The highest BCUT2D eigenvalue weighted by Crippen LogP contribution is 2.12. The average molecular weight is 367 g/mol. The average Bonchev–Trinajstić information content (AvgIpc) is 3.18. The summed E-state index contributed by atoms with van der Waals surface area (Å²) in [5.74, 6) is -0.570. The molecule has 3 aromatic rings. The molecule has 3 rings (SSSR count). The highest BCUT2D eigenvalue weighted by molar-refractivity contribution is 6.30. The molecule has 1 heterocycles. The normalized spacial score (nSPS) is 11.7. The summed E-state index contributed by atoms with van der Waals surface area (Å²) in [5, 5.41) is 8.65. The van der Waals surface area contributed by atoms with E-state index in [9.17, 15) is 4.79 Å². The predicted molar refractivity (Wildman–Crippen MR) is 99.6 cm³/mol. The van der Waals surface area contributed by atoms with E-state index in [4.69, 9.17) is 16.4 Å². The predicted octanol–water partition coefficient (Wildman–Crippen LogP) is 3.59. The number of halogens is 1. The number of rotatable bonds is 6. The van der Waals surface area contributed by atoms with Gasteiger partial charge in [-0.15, -0.1) is 0 Å². The van der Waals surface area contributed by atoms with E-state index in [0.717, 1.165) is 11.1 Å². The number of hydrogen-bond acceptors (Lipinski definition) is 5. The molecular formula is C19H15ClN4O2. The topological polar surface area (TPSA) is 69.4 Å². The van der Waals surface area contributed by atoms with Gasteiger partial charge in [-0.05, 0) is 23.8 Å². The summed E-state index contributed by atoms with van der Waals surface area (Å²) in [7, 11) is 0. The van der Waals surface area contributed by atoms with E-state index < -0.39 is 5.97 Å². The van der Waals surface area contributed by atoms with Crippen LogP contribution in [0.25, 0.3) is 6.08 Å². The number of benzene rings is 2. The van der Waals surface area contributed by atoms with Gasteiger partial charge in [0.15, 0.2) is 0 Å². The van der Waals surface area contributed by atoms with Crippen LogP contribution in [0.1, 0.15) is 11.1 Å². The fraction of sp³-hybridized carbons (Fsp3) is 0.0526. The van der Waals surface area contributed by atoms with Crippen molar-refractivity contribution in [2.24, 2.45) is 5.16 Å². The van der Waals surface area contributed by atoms with Crippen LogP contribution < -0.4 is 0 Å². The molecule has 0 fully saturated rings. The van der Waals surface area contributed by atoms with Crippen LogP contribution >= 0.6 is 11.6 Å². The minimum Gasteiger partial charge on any atom is -0.313 e. The zero-order valence-corrected chi connectivity index (χ0v) is 14.5. The van der Waals surface area contributed by atoms with E-state index >= 15 is 0 Å². The second-order valence-corrected chi connectivity index (χ2v) is 5.73. The molecule has 0 unspecified atom stereocenters. The van der Waals surface area contributed by atoms with Crippen LogP contribution in [0.5, 0.6) is 0 Å². The fourth-order valence-electron chi connectivity index (χ4n) is 2.14. The molecule has 7 heteroatoms. The minimum atomic E-state index is -0.570. The number of carbonyl (C=O) groups is 1. The van der Waals surface area contributed by atoms with Crippen molar-refractivity contribution in [3.63, 3.8) is 0 Å². The smallest absolute Gasteiger partial charge is 0.313 e. The lowest BCUT2D eigenvalue weighted by Crippen LogP contribution is -2.13. The lowest BCUT2D eigenvalue weighted by atomic mass is 10.1. The van der Waals surface area contributed by atoms with Crippen LogP contribution in [0.3, 0.4) is 0 Å². The second-order valence-electron chi connectivity index (χ2n) is 5.29. The van der Waals surface area contributed by atoms with E-state index in [2.05, 4.69) is 15.2 Å². The summed E-state index contributed by atoms with van der Waals surface area (Å²) < 4.78 is 1.58. The van der Waals surface area contributed by atoms with Crippen LogP contribution in [-0.2, 0) is 16.2 Å². The monoisotopic (exact) mass is 366 g/mol. The molecule has 2 aromatic carbocycles. The van der Waals surface area contributed by atoms with Crippen molar-refractivity contribution in [2.75, 3.05) is 0 Å². The third-order valence-corrected chi connectivity index (χ3v) is 3.67. The zero-order chi connectivity index (χ0) is 18.2. The Labute approximate surface area is 155 Å². The summed E-state index contributed by atoms with van der Waals surface area (Å²) in [6.07, 6.45) is 5.97. The molecule has 0 aliphatic carbocycles. The van der Waals surface area contributed by atoms with Crippen LogP contribution in [0.4, 0.5) is 0 Å². The molecule has 26 heavy (non-hydrogen) atoms. The first-order chi connectivity index (χ1) is 12.7. The van der Waals surface area contributed by atoms with Gasteiger partial charge in [0, 0.05) is 16.7 Å². The number of nitrogens with zero attached hydrogens (tertiary/aromatic N) is 4. The minimum absolute atomic E-state index is 0.303. The van der Waals surface area contributed by atoms with Gasteiger partial charge in [-0.25, -0.2) is 14.5 Å². The Bertz CT molecular complexity index is 904. The molecule has 0 N–H and O–H groups in total. The zero-order valence-electron chi connectivity index (χ0n) is 13.7. The largest absolute Gasteiger partial charge is 0.358 e. The first kappa shape index (κ1) is 17.6. The summed E-state index contributed by atoms with van der Waals surface area (Å²) in [6, 6.07) is 16.5. The van der Waals surface area contributed by atoms with Gasteiger partial charge in [0.25, 0.3) is 0 Å². The standard InChI is InChI=1S/C19H15ClN4O2/c20-17-9-7-16(8-10-17)18(12-24-14-21-13-22-24)23-26-19(25)11-6-15-4-2-1-3-5-15/h1-11,13-14H,12H2/b11-6+,23-18?. The molecule has 0 aliphatic heterocycles. The lowest BCUT2D eigenvalue weighted by Gasteiger charge is -2.06. The molecule has 0 radical (unpaired) electrons. The van der Waals surface area contributed by atoms with E-state index in [1.807, 2.05) is 30.3 Å². The van der Waals surface area contributed by atoms with Crippen molar-refractivity contribution >= 4 is 29.4 Å². The van der Waals surface area contributed by atoms with E-state index in [1.165, 1.54) is 12.4 Å². The Morgan fingerprint density at radius 1 is 1.15 bits per heavy atom. The van der Waals surface area contributed by atoms with Crippen molar-refractivity contribution in [2.45, 2.75) is 6.54 Å². The molecule has 0 spiro atoms. The number of hydrogen-bond donors (Lipinski definition) is 0. The van der Waals surface area contributed by atoms with Gasteiger partial charge in [-0.3, -0.25) is 0 Å². The lowest BCUT2D eigenvalue weighted by molar-refractivity contribution is -0.137. The van der Waals surface area contributed by atoms with Crippen molar-refractivity contribution < 1.29 is 9.63 Å². The van der Waals surface area contributed by atoms with E-state index in [-0.39, 0.29) is 0 Å². The van der Waals surface area contributed by atoms with Gasteiger partial charge in [-0.2, -0.15) is 5.10 Å². The summed E-state index contributed by atoms with van der Waals surface area (Å²) in [5.41, 5.74) is 2.19. The summed E-state index contributed by atoms with van der Waals surface area (Å²) in [4.78, 5) is 20.9. The highest BCUT2D eigenvalue weighted by atomic mass is 35.5. The van der Waals surface area contributed by atoms with Gasteiger partial charge in [0.2, 0.25) is 0 Å². The van der Waals surface area contributed by atoms with Crippen LogP contribution in [0.2, 0.25) is 5.02 Å². The molecule has 0 atom stereocenters. The van der Waals surface area contributed by atoms with Gasteiger partial charge < -0.3 is 4.84 Å². The van der Waals surface area contributed by atoms with Gasteiger partial charge in [-0.1, -0.05) is 59.2 Å². The molecule has 0 aliphatic rings. The van der Waals surface area contributed by atoms with Crippen molar-refractivity contribution in [1.29, 1.82) is 0 Å². The van der Waals surface area contributed by atoms with E-state index in [1.54, 1.807) is 41.4 Å². The number of carbonyl (C=O) groups excluding carboxylic acids is 1. The SMILES string of the molecule is O=C(/C=C/c1ccccc1)ON=C(Cn1cncn1)c1ccc(Cl)cc1. The van der Waals surface area contributed by atoms with Crippen molar-refractivity contribution in [1.82, 2.24) is 14.8 Å². The Kier molecular flexibility index (Phi) is 5.90. The summed E-state index contributed by atoms with van der Waals surface area (Å²) in [6.45, 7) is 0.303. The van der Waals surface area contributed by atoms with Crippen LogP contribution in [-0.4, -0.2) is 26.4 Å². The first-order valence-corrected chi connectivity index (χ1v) is 8.18. The molecule has 0 saturated carbocycles. The first-order valence-electron chi connectivity index (χ1n) is 7.80. The molecule has 0 amide bonds. The second kappa shape index (κ2) is 8.73. The van der Waals surface area contributed by atoms with Crippen molar-refractivity contribution in [3.8, 4) is 0 Å². The quantitative estimate of drug-likeness (QED) is 0.289. The molecule has 0 bridgehead atoms. The molecular weight excluding hydrogens is 352 g/mol.